The summed E-state index contributed by atoms with van der Waals surface area (Å²) in [7, 11) is 0. The predicted molar refractivity (Wildman–Crippen MR) is 66.4 cm³/mol. The van der Waals surface area contributed by atoms with Gasteiger partial charge in [-0.3, -0.25) is 5.10 Å². The first kappa shape index (κ1) is 14.9. The fourth-order valence-electron chi connectivity index (χ4n) is 1.20. The first-order valence-corrected chi connectivity index (χ1v) is 4.99. The number of aromatic amines is 1. The Morgan fingerprint density at radius 3 is 2.67 bits per heavy atom. The Labute approximate surface area is 129 Å². The van der Waals surface area contributed by atoms with Crippen LogP contribution in [0.4, 0.5) is 11.6 Å². The molecule has 0 aliphatic carbocycles. The maximum absolute atomic E-state index is 10.8. The molecule has 18 heavy (non-hydrogen) atoms. The van der Waals surface area contributed by atoms with E-state index in [9.17, 15) is 4.79 Å². The molecule has 7 nitrogen and oxygen atoms in total. The van der Waals surface area contributed by atoms with E-state index < -0.39 is 5.97 Å². The number of rotatable bonds is 3. The maximum atomic E-state index is 10.8. The van der Waals surface area contributed by atoms with Gasteiger partial charge in [0, 0.05) is 47.4 Å². The van der Waals surface area contributed by atoms with Crippen molar-refractivity contribution in [2.24, 2.45) is 0 Å². The smallest absolute Gasteiger partial charge is 0.354 e. The normalized spacial score (nSPS) is 9.67. The number of nitrogens with one attached hydrogen (secondary N) is 2. The van der Waals surface area contributed by atoms with E-state index in [4.69, 9.17) is 16.7 Å². The van der Waals surface area contributed by atoms with Crippen LogP contribution < -0.4 is 5.32 Å². The van der Waals surface area contributed by atoms with E-state index in [1.807, 2.05) is 6.92 Å². The molecule has 89 valence electrons. The van der Waals surface area contributed by atoms with Gasteiger partial charge < -0.3 is 10.4 Å². The summed E-state index contributed by atoms with van der Waals surface area (Å²) in [5.74, 6) is -0.377. The molecule has 0 saturated heterocycles. The van der Waals surface area contributed by atoms with Crippen molar-refractivity contribution in [1.29, 1.82) is 0 Å². The molecule has 0 aliphatic heterocycles. The van der Waals surface area contributed by atoms with E-state index >= 15 is 0 Å². The minimum atomic E-state index is -1.17. The van der Waals surface area contributed by atoms with Crippen molar-refractivity contribution in [1.82, 2.24) is 20.2 Å². The molecule has 3 N–H and O–H groups in total. The summed E-state index contributed by atoms with van der Waals surface area (Å²) in [6, 6.07) is 3.02. The number of halogens is 1. The Morgan fingerprint density at radius 1 is 1.39 bits per heavy atom. The quantitative estimate of drug-likeness (QED) is 0.575. The number of nitrogens with zero attached hydrogens (tertiary/aromatic N) is 3. The number of anilines is 2. The molecule has 0 aliphatic rings. The second kappa shape index (κ2) is 6.14. The molecule has 9 heteroatoms. The first-order chi connectivity index (χ1) is 8.04. The van der Waals surface area contributed by atoms with Gasteiger partial charge in [0.05, 0.1) is 0 Å². The van der Waals surface area contributed by atoms with Crippen LogP contribution in [-0.4, -0.2) is 60.8 Å². The standard InChI is InChI=1S/C9H8ClN5O2.Na/c1-4-2-7(15-14-4)12-6-3-5(8(16)17)11-9(10)13-6;/h2-3H,1H3,(H,16,17)(H2,11,12,13,14,15);. The third-order valence-electron chi connectivity index (χ3n) is 1.88. The van der Waals surface area contributed by atoms with E-state index in [-0.39, 0.29) is 46.4 Å². The molecule has 2 rings (SSSR count). The van der Waals surface area contributed by atoms with Gasteiger partial charge in [-0.25, -0.2) is 14.8 Å². The van der Waals surface area contributed by atoms with Crippen molar-refractivity contribution >= 4 is 58.8 Å². The molecule has 0 unspecified atom stereocenters. The van der Waals surface area contributed by atoms with Crippen LogP contribution in [0.2, 0.25) is 5.28 Å². The summed E-state index contributed by atoms with van der Waals surface area (Å²) >= 11 is 5.61. The van der Waals surface area contributed by atoms with E-state index in [1.54, 1.807) is 6.07 Å². The Bertz CT molecular complexity index is 574. The van der Waals surface area contributed by atoms with Gasteiger partial charge >= 0.3 is 5.97 Å². The summed E-state index contributed by atoms with van der Waals surface area (Å²) < 4.78 is 0. The van der Waals surface area contributed by atoms with Crippen LogP contribution in [0.5, 0.6) is 0 Å². The zero-order valence-electron chi connectivity index (χ0n) is 9.73. The molecule has 0 fully saturated rings. The largest absolute Gasteiger partial charge is 0.477 e. The van der Waals surface area contributed by atoms with Crippen molar-refractivity contribution in [3.05, 3.63) is 28.8 Å². The Kier molecular flexibility index (Phi) is 5.09. The molecule has 2 aromatic heterocycles. The van der Waals surface area contributed by atoms with Gasteiger partial charge in [-0.1, -0.05) is 0 Å². The zero-order valence-corrected chi connectivity index (χ0v) is 12.5. The Balaban J connectivity index is 0.00000162. The van der Waals surface area contributed by atoms with Crippen LogP contribution >= 0.6 is 11.6 Å². The van der Waals surface area contributed by atoms with Gasteiger partial charge in [-0.2, -0.15) is 5.10 Å². The molecule has 0 bridgehead atoms. The van der Waals surface area contributed by atoms with Gasteiger partial charge in [0.25, 0.3) is 0 Å². The predicted octanol–water partition coefficient (Wildman–Crippen LogP) is 1.22. The van der Waals surface area contributed by atoms with Crippen molar-refractivity contribution in [3.8, 4) is 0 Å². The number of carboxylic acids is 1. The molecule has 0 spiro atoms. The van der Waals surface area contributed by atoms with Crippen LogP contribution in [0.3, 0.4) is 0 Å². The van der Waals surface area contributed by atoms with E-state index in [0.29, 0.717) is 5.82 Å². The third-order valence-corrected chi connectivity index (χ3v) is 2.05. The second-order valence-electron chi connectivity index (χ2n) is 3.27. The van der Waals surface area contributed by atoms with Crippen LogP contribution in [0.25, 0.3) is 0 Å². The van der Waals surface area contributed by atoms with Gasteiger partial charge in [0.15, 0.2) is 11.5 Å². The minimum Gasteiger partial charge on any atom is -0.477 e. The van der Waals surface area contributed by atoms with Crippen LogP contribution in [0, 0.1) is 6.92 Å². The van der Waals surface area contributed by atoms with Crippen molar-refractivity contribution in [3.63, 3.8) is 0 Å². The summed E-state index contributed by atoms with van der Waals surface area (Å²) in [4.78, 5) is 18.2. The molecule has 2 aromatic rings. The number of aromatic carboxylic acids is 1. The summed E-state index contributed by atoms with van der Waals surface area (Å²) in [6.45, 7) is 1.84. The Hall–Kier alpha value is -1.15. The van der Waals surface area contributed by atoms with Crippen LogP contribution in [0.15, 0.2) is 12.1 Å². The zero-order chi connectivity index (χ0) is 12.4. The van der Waals surface area contributed by atoms with Crippen molar-refractivity contribution in [2.75, 3.05) is 5.32 Å². The molecule has 1 radical (unpaired) electrons. The fourth-order valence-corrected chi connectivity index (χ4v) is 1.39. The van der Waals surface area contributed by atoms with E-state index in [2.05, 4.69) is 25.5 Å². The topological polar surface area (TPSA) is 104 Å². The number of hydrogen-bond acceptors (Lipinski definition) is 5. The van der Waals surface area contributed by atoms with Gasteiger partial charge in [0.2, 0.25) is 5.28 Å². The molecular formula is C9H8ClN5NaO2. The van der Waals surface area contributed by atoms with E-state index in [0.717, 1.165) is 5.69 Å². The molecule has 0 aromatic carbocycles. The maximum Gasteiger partial charge on any atom is 0.354 e. The van der Waals surface area contributed by atoms with Crippen molar-refractivity contribution < 1.29 is 9.90 Å². The SMILES string of the molecule is Cc1cc(Nc2cc(C(=O)O)nc(Cl)n2)n[nH]1.[Na]. The summed E-state index contributed by atoms with van der Waals surface area (Å²) in [5, 5.41) is 18.1. The number of carboxylic acid groups (broad SMARTS) is 1. The van der Waals surface area contributed by atoms with E-state index in [1.165, 1.54) is 6.07 Å². The van der Waals surface area contributed by atoms with Gasteiger partial charge in [-0.15, -0.1) is 0 Å². The fraction of sp³-hybridized carbons (Fsp3) is 0.111. The van der Waals surface area contributed by atoms with Gasteiger partial charge in [-0.05, 0) is 18.5 Å². The summed E-state index contributed by atoms with van der Waals surface area (Å²) in [6.07, 6.45) is 0. The number of aromatic nitrogens is 4. The van der Waals surface area contributed by atoms with Crippen LogP contribution in [-0.2, 0) is 0 Å². The Morgan fingerprint density at radius 2 is 2.11 bits per heavy atom. The molecule has 0 amide bonds. The summed E-state index contributed by atoms with van der Waals surface area (Å²) in [5.41, 5.74) is 0.686. The monoisotopic (exact) mass is 276 g/mol. The molecule has 0 saturated carbocycles. The number of H-pyrrole nitrogens is 1. The average molecular weight is 277 g/mol. The molecular weight excluding hydrogens is 269 g/mol. The average Bonchev–Trinajstić information content (AvgIpc) is 2.63. The van der Waals surface area contributed by atoms with Crippen LogP contribution in [0.1, 0.15) is 16.2 Å². The number of aryl methyl sites for hydroxylation is 1. The second-order valence-corrected chi connectivity index (χ2v) is 3.61. The minimum absolute atomic E-state index is 0. The third kappa shape index (κ3) is 3.67. The molecule has 2 heterocycles. The van der Waals surface area contributed by atoms with Crippen molar-refractivity contribution in [2.45, 2.75) is 6.92 Å². The van der Waals surface area contributed by atoms with Gasteiger partial charge in [0.1, 0.15) is 5.82 Å². The molecule has 0 atom stereocenters. The number of carbonyl (C=O) groups is 1. The first-order valence-electron chi connectivity index (χ1n) is 4.61. The number of hydrogen-bond donors (Lipinski definition) is 3.